The quantitative estimate of drug-likeness (QED) is 0.0564. The fraction of sp³-hybridized carbons (Fsp3) is 0.516. The summed E-state index contributed by atoms with van der Waals surface area (Å²) in [5.41, 5.74) is 4.63. The van der Waals surface area contributed by atoms with Crippen LogP contribution in [-0.4, -0.2) is 164 Å². The molecule has 5 aliphatic heterocycles. The number of aryl methyl sites for hydroxylation is 1. The Hall–Kier alpha value is -7.15. The molecule has 0 bridgehead atoms. The van der Waals surface area contributed by atoms with E-state index in [-0.39, 0.29) is 41.3 Å². The predicted octanol–water partition coefficient (Wildman–Crippen LogP) is 7.88. The van der Waals surface area contributed by atoms with Crippen molar-refractivity contribution in [2.75, 3.05) is 106 Å². The standard InChI is InChI=1S/C62H76N12O10S/c1-40-6-4-5-7-46(40)53-38-69(37-42-28-54(81-3)58(66-35-42)71-23-26-82-27-24-71)21-22-72(53)44-32-62(33-44)16-19-70(20-17-62)56-31-50(73-49-13-25-83-39-55(49)84-60-52(73)29-43-12-18-63-57(43)67-60)47(36-65-56)59(75)68-85(79,80)45-8-9-48(51(30-45)74(77)78)64-34-41-10-14-61(2,76)15-11-41/h4-9,12,18,28-31,35-36,41,44,49,53,55,64,76H,10-11,13-17,19-27,32-34,37-39H2,1-3H3,(H,63,67)(H,68,75)/t41-,49-,53-,55-,61-/m0/s1. The number of benzene rings is 2. The van der Waals surface area contributed by atoms with Gasteiger partial charge in [-0.3, -0.25) is 24.7 Å². The van der Waals surface area contributed by atoms with Gasteiger partial charge < -0.3 is 49.1 Å². The average molecular weight is 1180 g/mol. The first-order valence-corrected chi connectivity index (χ1v) is 31.6. The van der Waals surface area contributed by atoms with Crippen LogP contribution in [0.2, 0.25) is 0 Å². The minimum Gasteiger partial charge on any atom is -0.493 e. The van der Waals surface area contributed by atoms with E-state index in [0.29, 0.717) is 80.4 Å². The van der Waals surface area contributed by atoms with E-state index < -0.39 is 43.1 Å². The van der Waals surface area contributed by atoms with Crippen molar-refractivity contribution in [1.29, 1.82) is 0 Å². The van der Waals surface area contributed by atoms with Crippen molar-refractivity contribution in [3.8, 4) is 11.6 Å². The Morgan fingerprint density at radius 2 is 1.71 bits per heavy atom. The van der Waals surface area contributed by atoms with Crippen LogP contribution >= 0.6 is 0 Å². The minimum absolute atomic E-state index is 0.00415. The molecule has 2 saturated carbocycles. The molecule has 4 saturated heterocycles. The van der Waals surface area contributed by atoms with E-state index in [9.17, 15) is 28.4 Å². The number of nitrogens with one attached hydrogen (secondary N) is 3. The normalized spacial score (nSPS) is 24.7. The van der Waals surface area contributed by atoms with E-state index in [0.717, 1.165) is 119 Å². The summed E-state index contributed by atoms with van der Waals surface area (Å²) in [5, 5.41) is 26.9. The Kier molecular flexibility index (Phi) is 15.6. The van der Waals surface area contributed by atoms with Crippen molar-refractivity contribution in [2.45, 2.75) is 113 Å². The fourth-order valence-electron chi connectivity index (χ4n) is 14.4. The molecule has 23 heteroatoms. The lowest BCUT2D eigenvalue weighted by Gasteiger charge is -2.58. The highest BCUT2D eigenvalue weighted by Crippen LogP contribution is 2.54. The van der Waals surface area contributed by atoms with Crippen molar-refractivity contribution >= 4 is 61.3 Å². The molecule has 450 valence electrons. The molecule has 6 fully saturated rings. The number of amides is 1. The first kappa shape index (κ1) is 57.0. The zero-order chi connectivity index (χ0) is 58.6. The highest BCUT2D eigenvalue weighted by Gasteiger charge is 2.51. The zero-order valence-corrected chi connectivity index (χ0v) is 49.4. The van der Waals surface area contributed by atoms with E-state index in [1.807, 2.05) is 36.2 Å². The Labute approximate surface area is 495 Å². The molecule has 2 aliphatic carbocycles. The summed E-state index contributed by atoms with van der Waals surface area (Å²) >= 11 is 0. The second-order valence-corrected chi connectivity index (χ2v) is 26.5. The van der Waals surface area contributed by atoms with Crippen LogP contribution in [0.4, 0.5) is 34.4 Å². The molecule has 9 heterocycles. The van der Waals surface area contributed by atoms with Gasteiger partial charge in [-0.2, -0.15) is 4.98 Å². The van der Waals surface area contributed by atoms with Crippen LogP contribution in [0.3, 0.4) is 0 Å². The molecule has 6 aromatic rings. The number of carbonyl (C=O) groups excluding carboxylic acids is 1. The number of rotatable bonds is 15. The third-order valence-electron chi connectivity index (χ3n) is 19.3. The Balaban J connectivity index is 0.736. The number of sulfonamides is 1. The minimum atomic E-state index is -4.67. The number of pyridine rings is 3. The van der Waals surface area contributed by atoms with Gasteiger partial charge in [-0.25, -0.2) is 23.1 Å². The maximum atomic E-state index is 14.8. The zero-order valence-electron chi connectivity index (χ0n) is 48.6. The number of carbonyl (C=O) groups is 1. The van der Waals surface area contributed by atoms with Crippen LogP contribution in [0.1, 0.15) is 97.8 Å². The van der Waals surface area contributed by atoms with Gasteiger partial charge in [0.1, 0.15) is 28.9 Å². The molecule has 1 spiro atoms. The van der Waals surface area contributed by atoms with Gasteiger partial charge in [0, 0.05) is 114 Å². The monoisotopic (exact) mass is 1180 g/mol. The van der Waals surface area contributed by atoms with E-state index in [1.165, 1.54) is 29.5 Å². The molecule has 3 atom stereocenters. The number of aliphatic hydroxyl groups is 1. The second-order valence-electron chi connectivity index (χ2n) is 24.8. The number of anilines is 5. The second kappa shape index (κ2) is 23.3. The molecule has 85 heavy (non-hydrogen) atoms. The van der Waals surface area contributed by atoms with Crippen LogP contribution in [0.15, 0.2) is 90.2 Å². The smallest absolute Gasteiger partial charge is 0.293 e. The number of H-pyrrole nitrogens is 1. The number of aromatic nitrogens is 4. The number of methoxy groups -OCH3 is 1. The van der Waals surface area contributed by atoms with Crippen LogP contribution in [0.25, 0.3) is 11.0 Å². The number of nitro groups is 1. The SMILES string of the molecule is COc1cc(CN2CCN(C3CC4(CCN(c5cc(N6c7cc8cc[nH]c8nc7O[C@H]7COCC[C@@H]76)c(C(=O)NS(=O)(=O)c6ccc(NC[C@H]7CC[C@](C)(O)CC7)c([N+](=O)[O-])c6)cn5)CC4)C3)[C@H](c3ccccc3C)C2)cnc1N1CCOCC1. The molecule has 0 radical (unpaired) electrons. The molecule has 4 N–H and O–H groups in total. The summed E-state index contributed by atoms with van der Waals surface area (Å²) in [5.74, 6) is 1.90. The summed E-state index contributed by atoms with van der Waals surface area (Å²) in [6.45, 7) is 13.2. The fourth-order valence-corrected chi connectivity index (χ4v) is 15.3. The number of nitrogens with zero attached hydrogens (tertiary/aromatic N) is 9. The highest BCUT2D eigenvalue weighted by molar-refractivity contribution is 7.90. The lowest BCUT2D eigenvalue weighted by molar-refractivity contribution is -0.384. The molecule has 0 unspecified atom stereocenters. The number of morpholine rings is 1. The van der Waals surface area contributed by atoms with Gasteiger partial charge in [-0.1, -0.05) is 24.3 Å². The molecule has 2 aromatic carbocycles. The van der Waals surface area contributed by atoms with Crippen molar-refractivity contribution in [2.24, 2.45) is 11.3 Å². The van der Waals surface area contributed by atoms with Gasteiger partial charge in [0.15, 0.2) is 11.6 Å². The lowest BCUT2D eigenvalue weighted by Crippen LogP contribution is -2.60. The van der Waals surface area contributed by atoms with Crippen molar-refractivity contribution in [3.63, 3.8) is 0 Å². The van der Waals surface area contributed by atoms with Crippen LogP contribution in [0, 0.1) is 28.4 Å². The third-order valence-corrected chi connectivity index (χ3v) is 20.6. The molecule has 4 aromatic heterocycles. The van der Waals surface area contributed by atoms with E-state index >= 15 is 0 Å². The summed E-state index contributed by atoms with van der Waals surface area (Å²) in [7, 11) is -2.95. The number of nitro benzene ring substituents is 1. The van der Waals surface area contributed by atoms with Crippen LogP contribution in [0.5, 0.6) is 11.6 Å². The predicted molar refractivity (Wildman–Crippen MR) is 322 cm³/mol. The number of piperidine rings is 1. The first-order chi connectivity index (χ1) is 41.1. The summed E-state index contributed by atoms with van der Waals surface area (Å²) in [6.07, 6.45) is 12.2. The molecule has 1 amide bonds. The van der Waals surface area contributed by atoms with E-state index in [2.05, 4.69) is 71.9 Å². The molecule has 22 nitrogen and oxygen atoms in total. The topological polar surface area (TPSA) is 246 Å². The highest BCUT2D eigenvalue weighted by atomic mass is 32.2. The van der Waals surface area contributed by atoms with E-state index in [4.69, 9.17) is 33.9 Å². The van der Waals surface area contributed by atoms with Gasteiger partial charge in [0.25, 0.3) is 21.6 Å². The number of fused-ring (bicyclic) bond motifs is 3. The Morgan fingerprint density at radius 3 is 2.48 bits per heavy atom. The molecule has 13 rings (SSSR count). The first-order valence-electron chi connectivity index (χ1n) is 30.1. The van der Waals surface area contributed by atoms with Gasteiger partial charge >= 0.3 is 0 Å². The molecular weight excluding hydrogens is 1100 g/mol. The molecule has 7 aliphatic rings. The number of hydrogen-bond donors (Lipinski definition) is 4. The van der Waals surface area contributed by atoms with Crippen molar-refractivity contribution in [1.82, 2.24) is 34.5 Å². The summed E-state index contributed by atoms with van der Waals surface area (Å²) in [4.78, 5) is 56.0. The Bertz CT molecular complexity index is 3570. The number of ether oxygens (including phenoxy) is 4. The largest absolute Gasteiger partial charge is 0.493 e. The molecular formula is C62H76N12O10S. The van der Waals surface area contributed by atoms with Crippen molar-refractivity contribution < 1.29 is 42.2 Å². The number of aromatic amines is 1. The van der Waals surface area contributed by atoms with E-state index in [1.54, 1.807) is 13.3 Å². The summed E-state index contributed by atoms with van der Waals surface area (Å²) < 4.78 is 54.8. The third kappa shape index (κ3) is 11.6. The Morgan fingerprint density at radius 1 is 0.906 bits per heavy atom. The average Bonchev–Trinajstić information content (AvgIpc) is 2.15. The van der Waals surface area contributed by atoms with Gasteiger partial charge in [0.05, 0.1) is 59.6 Å². The lowest BCUT2D eigenvalue weighted by atomic mass is 9.59. The number of piperazine rings is 1. The van der Waals surface area contributed by atoms with Crippen LogP contribution in [-0.2, 0) is 26.0 Å². The van der Waals surface area contributed by atoms with Crippen molar-refractivity contribution in [3.05, 3.63) is 118 Å². The van der Waals surface area contributed by atoms with Gasteiger partial charge in [-0.05, 0) is 130 Å². The van der Waals surface area contributed by atoms with Crippen LogP contribution < -0.4 is 34.2 Å². The van der Waals surface area contributed by atoms with Gasteiger partial charge in [-0.15, -0.1) is 0 Å². The maximum absolute atomic E-state index is 14.8. The summed E-state index contributed by atoms with van der Waals surface area (Å²) in [6, 6.07) is 20.7. The van der Waals surface area contributed by atoms with Gasteiger partial charge in [0.2, 0.25) is 5.88 Å². The maximum Gasteiger partial charge on any atom is 0.293 e. The number of hydrogen-bond acceptors (Lipinski definition) is 19.